The predicted molar refractivity (Wildman–Crippen MR) is 90.9 cm³/mol. The van der Waals surface area contributed by atoms with Crippen LogP contribution in [0.3, 0.4) is 0 Å². The number of rotatable bonds is 4. The molecule has 118 valence electrons. The normalized spacial score (nSPS) is 18.5. The molecule has 3 heterocycles. The molecule has 1 atom stereocenters. The highest BCUT2D eigenvalue weighted by atomic mass is 32.1. The minimum absolute atomic E-state index is 0.142. The maximum atomic E-state index is 11.7. The standard InChI is InChI=1S/C16H17N5OS/c22-14-6-8-17-16-21(14)19-15(23-16)18-13-7-9-20(11-13)10-12-4-2-1-3-5-12/h1-6,8,13H,7,9-11H2,(H,18,19)/t13-/m1/s1. The van der Waals surface area contributed by atoms with Crippen molar-refractivity contribution in [3.8, 4) is 0 Å². The second-order valence-electron chi connectivity index (χ2n) is 5.74. The van der Waals surface area contributed by atoms with Crippen LogP contribution in [0.15, 0.2) is 47.4 Å². The second kappa shape index (κ2) is 6.10. The van der Waals surface area contributed by atoms with Crippen molar-refractivity contribution in [1.29, 1.82) is 0 Å². The number of nitrogens with one attached hydrogen (secondary N) is 1. The van der Waals surface area contributed by atoms with E-state index in [4.69, 9.17) is 0 Å². The molecule has 1 saturated heterocycles. The summed E-state index contributed by atoms with van der Waals surface area (Å²) in [5, 5.41) is 8.51. The first-order chi connectivity index (χ1) is 11.3. The number of hydrogen-bond acceptors (Lipinski definition) is 6. The van der Waals surface area contributed by atoms with E-state index >= 15 is 0 Å². The van der Waals surface area contributed by atoms with Crippen LogP contribution in [0.1, 0.15) is 12.0 Å². The molecule has 0 amide bonds. The van der Waals surface area contributed by atoms with E-state index in [0.29, 0.717) is 11.0 Å². The number of anilines is 1. The highest BCUT2D eigenvalue weighted by molar-refractivity contribution is 7.20. The first-order valence-corrected chi connectivity index (χ1v) is 8.47. The Hall–Kier alpha value is -2.25. The Bertz CT molecular complexity index is 860. The number of fused-ring (bicyclic) bond motifs is 1. The molecule has 1 aromatic carbocycles. The molecule has 23 heavy (non-hydrogen) atoms. The van der Waals surface area contributed by atoms with Gasteiger partial charge < -0.3 is 5.32 Å². The SMILES string of the molecule is O=c1ccnc2sc(N[C@@H]3CCN(Cc4ccccc4)C3)nn12. The quantitative estimate of drug-likeness (QED) is 0.792. The zero-order chi connectivity index (χ0) is 15.6. The van der Waals surface area contributed by atoms with Crippen molar-refractivity contribution in [1.82, 2.24) is 19.5 Å². The molecule has 4 rings (SSSR count). The molecule has 1 N–H and O–H groups in total. The molecule has 1 aliphatic rings. The van der Waals surface area contributed by atoms with Crippen LogP contribution in [-0.2, 0) is 6.54 Å². The van der Waals surface area contributed by atoms with Gasteiger partial charge in [0.2, 0.25) is 10.1 Å². The third kappa shape index (κ3) is 3.11. The molecule has 1 aliphatic heterocycles. The fraction of sp³-hybridized carbons (Fsp3) is 0.312. The molecular formula is C16H17N5OS. The maximum absolute atomic E-state index is 11.7. The van der Waals surface area contributed by atoms with Crippen LogP contribution in [0.2, 0.25) is 0 Å². The Balaban J connectivity index is 1.41. The lowest BCUT2D eigenvalue weighted by molar-refractivity contribution is 0.328. The van der Waals surface area contributed by atoms with Crippen molar-refractivity contribution in [2.75, 3.05) is 18.4 Å². The van der Waals surface area contributed by atoms with Gasteiger partial charge in [-0.25, -0.2) is 4.98 Å². The smallest absolute Gasteiger partial charge is 0.275 e. The van der Waals surface area contributed by atoms with Gasteiger partial charge in [0.1, 0.15) is 0 Å². The van der Waals surface area contributed by atoms with E-state index in [1.807, 2.05) is 6.07 Å². The van der Waals surface area contributed by atoms with E-state index in [-0.39, 0.29) is 5.56 Å². The van der Waals surface area contributed by atoms with E-state index in [0.717, 1.165) is 31.2 Å². The lowest BCUT2D eigenvalue weighted by Crippen LogP contribution is -2.26. The van der Waals surface area contributed by atoms with Gasteiger partial charge in [-0.15, -0.1) is 5.10 Å². The van der Waals surface area contributed by atoms with Gasteiger partial charge >= 0.3 is 0 Å². The Morgan fingerprint density at radius 3 is 2.96 bits per heavy atom. The van der Waals surface area contributed by atoms with Crippen LogP contribution in [0.4, 0.5) is 5.13 Å². The number of likely N-dealkylation sites (tertiary alicyclic amines) is 1. The average Bonchev–Trinajstić information content (AvgIpc) is 3.16. The van der Waals surface area contributed by atoms with E-state index in [2.05, 4.69) is 44.6 Å². The lowest BCUT2D eigenvalue weighted by Gasteiger charge is -2.16. The molecule has 6 nitrogen and oxygen atoms in total. The molecule has 0 unspecified atom stereocenters. The topological polar surface area (TPSA) is 62.5 Å². The predicted octanol–water partition coefficient (Wildman–Crippen LogP) is 1.84. The second-order valence-corrected chi connectivity index (χ2v) is 6.69. The monoisotopic (exact) mass is 327 g/mol. The van der Waals surface area contributed by atoms with Crippen molar-refractivity contribution in [2.45, 2.75) is 19.0 Å². The van der Waals surface area contributed by atoms with Gasteiger partial charge in [-0.3, -0.25) is 9.69 Å². The highest BCUT2D eigenvalue weighted by Crippen LogP contribution is 2.21. The zero-order valence-corrected chi connectivity index (χ0v) is 13.4. The highest BCUT2D eigenvalue weighted by Gasteiger charge is 2.23. The van der Waals surface area contributed by atoms with Crippen molar-refractivity contribution >= 4 is 21.4 Å². The lowest BCUT2D eigenvalue weighted by atomic mass is 10.2. The van der Waals surface area contributed by atoms with Gasteiger partial charge in [-0.2, -0.15) is 4.52 Å². The molecule has 0 aliphatic carbocycles. The summed E-state index contributed by atoms with van der Waals surface area (Å²) < 4.78 is 1.35. The molecule has 3 aromatic rings. The van der Waals surface area contributed by atoms with E-state index in [1.165, 1.54) is 33.7 Å². The molecule has 7 heteroatoms. The van der Waals surface area contributed by atoms with Crippen LogP contribution in [0.5, 0.6) is 0 Å². The number of benzene rings is 1. The Kier molecular flexibility index (Phi) is 3.80. The maximum Gasteiger partial charge on any atom is 0.275 e. The number of hydrogen-bond donors (Lipinski definition) is 1. The molecular weight excluding hydrogens is 310 g/mol. The van der Waals surface area contributed by atoms with E-state index in [9.17, 15) is 4.79 Å². The van der Waals surface area contributed by atoms with E-state index < -0.39 is 0 Å². The summed E-state index contributed by atoms with van der Waals surface area (Å²) in [6.07, 6.45) is 2.60. The van der Waals surface area contributed by atoms with Gasteiger partial charge in [-0.05, 0) is 12.0 Å². The van der Waals surface area contributed by atoms with E-state index in [1.54, 1.807) is 0 Å². The van der Waals surface area contributed by atoms with Gasteiger partial charge in [-0.1, -0.05) is 41.7 Å². The van der Waals surface area contributed by atoms with Crippen LogP contribution in [0, 0.1) is 0 Å². The van der Waals surface area contributed by atoms with Crippen LogP contribution in [-0.4, -0.2) is 38.6 Å². The summed E-state index contributed by atoms with van der Waals surface area (Å²) in [5.74, 6) is 0. The fourth-order valence-corrected chi connectivity index (χ4v) is 3.76. The van der Waals surface area contributed by atoms with Gasteiger partial charge in [0.25, 0.3) is 5.56 Å². The minimum atomic E-state index is -0.142. The number of nitrogens with zero attached hydrogens (tertiary/aromatic N) is 4. The van der Waals surface area contributed by atoms with Gasteiger partial charge in [0, 0.05) is 37.9 Å². The zero-order valence-electron chi connectivity index (χ0n) is 12.6. The molecule has 0 spiro atoms. The Morgan fingerprint density at radius 2 is 2.13 bits per heavy atom. The van der Waals surface area contributed by atoms with Crippen LogP contribution >= 0.6 is 11.3 Å². The van der Waals surface area contributed by atoms with Crippen molar-refractivity contribution in [3.05, 3.63) is 58.5 Å². The van der Waals surface area contributed by atoms with Crippen LogP contribution in [0.25, 0.3) is 4.96 Å². The summed E-state index contributed by atoms with van der Waals surface area (Å²) >= 11 is 1.41. The fourth-order valence-electron chi connectivity index (χ4n) is 2.91. The van der Waals surface area contributed by atoms with Crippen LogP contribution < -0.4 is 10.9 Å². The molecule has 0 bridgehead atoms. The Morgan fingerprint density at radius 1 is 1.26 bits per heavy atom. The summed E-state index contributed by atoms with van der Waals surface area (Å²) in [7, 11) is 0. The third-order valence-corrected chi connectivity index (χ3v) is 4.87. The number of aromatic nitrogens is 3. The molecule has 1 fully saturated rings. The minimum Gasteiger partial charge on any atom is -0.356 e. The molecule has 0 radical (unpaired) electrons. The average molecular weight is 327 g/mol. The summed E-state index contributed by atoms with van der Waals surface area (Å²) in [6, 6.07) is 12.3. The largest absolute Gasteiger partial charge is 0.356 e. The summed E-state index contributed by atoms with van der Waals surface area (Å²) in [4.78, 5) is 19.0. The summed E-state index contributed by atoms with van der Waals surface area (Å²) in [5.41, 5.74) is 1.19. The first-order valence-electron chi connectivity index (χ1n) is 7.66. The van der Waals surface area contributed by atoms with Crippen molar-refractivity contribution < 1.29 is 0 Å². The summed E-state index contributed by atoms with van der Waals surface area (Å²) in [6.45, 7) is 3.02. The van der Waals surface area contributed by atoms with Gasteiger partial charge in [0.05, 0.1) is 0 Å². The van der Waals surface area contributed by atoms with Crippen molar-refractivity contribution in [2.24, 2.45) is 0 Å². The molecule has 0 saturated carbocycles. The Labute approximate surface area is 137 Å². The first kappa shape index (κ1) is 14.3. The van der Waals surface area contributed by atoms with Gasteiger partial charge in [0.15, 0.2) is 0 Å². The molecule has 2 aromatic heterocycles. The third-order valence-electron chi connectivity index (χ3n) is 4.02. The van der Waals surface area contributed by atoms with Crippen molar-refractivity contribution in [3.63, 3.8) is 0 Å².